The van der Waals surface area contributed by atoms with Gasteiger partial charge in [-0.25, -0.2) is 9.50 Å². The summed E-state index contributed by atoms with van der Waals surface area (Å²) in [6.07, 6.45) is 6.72. The first kappa shape index (κ1) is 15.8. The third-order valence-electron chi connectivity index (χ3n) is 5.05. The average Bonchev–Trinajstić information content (AvgIpc) is 3.06. The first-order valence-corrected chi connectivity index (χ1v) is 8.84. The van der Waals surface area contributed by atoms with Gasteiger partial charge < -0.3 is 5.32 Å². The SMILES string of the molecule is CC1CCc2c(cnc3c(C(=O)NC(C)c4ccccc4)cnn23)C1. The molecule has 1 aromatic carbocycles. The fraction of sp³-hybridized carbons (Fsp3) is 0.350. The van der Waals surface area contributed by atoms with Gasteiger partial charge in [-0.15, -0.1) is 0 Å². The van der Waals surface area contributed by atoms with Crippen molar-refractivity contribution in [1.29, 1.82) is 0 Å². The van der Waals surface area contributed by atoms with Crippen molar-refractivity contribution in [2.24, 2.45) is 5.92 Å². The standard InChI is InChI=1S/C20H22N4O/c1-13-8-9-18-16(10-13)11-21-19-17(12-22-24(18)19)20(25)23-14(2)15-6-4-3-5-7-15/h3-7,11-14H,8-10H2,1-2H3,(H,23,25). The van der Waals surface area contributed by atoms with Crippen LogP contribution in [0.4, 0.5) is 0 Å². The van der Waals surface area contributed by atoms with E-state index in [2.05, 4.69) is 22.3 Å². The Bertz CT molecular complexity index is 916. The summed E-state index contributed by atoms with van der Waals surface area (Å²) in [4.78, 5) is 17.2. The molecule has 0 radical (unpaired) electrons. The molecule has 1 N–H and O–H groups in total. The van der Waals surface area contributed by atoms with Crippen molar-refractivity contribution in [1.82, 2.24) is 19.9 Å². The molecule has 2 aromatic heterocycles. The summed E-state index contributed by atoms with van der Waals surface area (Å²) in [5.74, 6) is 0.541. The minimum absolute atomic E-state index is 0.0675. The minimum atomic E-state index is -0.136. The number of nitrogens with one attached hydrogen (secondary N) is 1. The number of nitrogens with zero attached hydrogens (tertiary/aromatic N) is 3. The van der Waals surface area contributed by atoms with Crippen LogP contribution in [-0.4, -0.2) is 20.5 Å². The van der Waals surface area contributed by atoms with E-state index in [9.17, 15) is 4.79 Å². The van der Waals surface area contributed by atoms with Gasteiger partial charge in [0.2, 0.25) is 0 Å². The van der Waals surface area contributed by atoms with Gasteiger partial charge >= 0.3 is 0 Å². The van der Waals surface area contributed by atoms with Crippen LogP contribution in [0.2, 0.25) is 0 Å². The highest BCUT2D eigenvalue weighted by Crippen LogP contribution is 2.26. The number of carbonyl (C=O) groups excluding carboxylic acids is 1. The minimum Gasteiger partial charge on any atom is -0.345 e. The molecule has 1 amide bonds. The predicted octanol–water partition coefficient (Wildman–Crippen LogP) is 3.35. The molecule has 3 aromatic rings. The second kappa shape index (κ2) is 6.31. The lowest BCUT2D eigenvalue weighted by atomic mass is 9.89. The molecule has 2 heterocycles. The van der Waals surface area contributed by atoms with Crippen LogP contribution in [0.1, 0.15) is 53.5 Å². The van der Waals surface area contributed by atoms with E-state index in [1.807, 2.05) is 48.0 Å². The molecular formula is C20H22N4O. The quantitative estimate of drug-likeness (QED) is 0.799. The zero-order chi connectivity index (χ0) is 17.4. The number of benzene rings is 1. The Balaban J connectivity index is 1.62. The highest BCUT2D eigenvalue weighted by atomic mass is 16.1. The van der Waals surface area contributed by atoms with Gasteiger partial charge in [-0.3, -0.25) is 4.79 Å². The van der Waals surface area contributed by atoms with Crippen molar-refractivity contribution in [2.45, 2.75) is 39.2 Å². The van der Waals surface area contributed by atoms with Crippen LogP contribution in [-0.2, 0) is 12.8 Å². The summed E-state index contributed by atoms with van der Waals surface area (Å²) in [5, 5.41) is 7.50. The first-order valence-electron chi connectivity index (χ1n) is 8.84. The van der Waals surface area contributed by atoms with Crippen molar-refractivity contribution >= 4 is 11.6 Å². The summed E-state index contributed by atoms with van der Waals surface area (Å²) in [6.45, 7) is 4.25. The molecule has 0 saturated carbocycles. The summed E-state index contributed by atoms with van der Waals surface area (Å²) in [6, 6.07) is 9.87. The maximum absolute atomic E-state index is 12.7. The van der Waals surface area contributed by atoms with E-state index in [1.165, 1.54) is 11.3 Å². The molecule has 2 atom stereocenters. The largest absolute Gasteiger partial charge is 0.345 e. The normalized spacial score (nSPS) is 17.9. The first-order chi connectivity index (χ1) is 12.1. The third kappa shape index (κ3) is 2.90. The van der Waals surface area contributed by atoms with Gasteiger partial charge in [-0.2, -0.15) is 5.10 Å². The fourth-order valence-corrected chi connectivity index (χ4v) is 3.57. The molecule has 0 aliphatic heterocycles. The Hall–Kier alpha value is -2.69. The fourth-order valence-electron chi connectivity index (χ4n) is 3.57. The van der Waals surface area contributed by atoms with Gasteiger partial charge in [0.15, 0.2) is 5.65 Å². The monoisotopic (exact) mass is 334 g/mol. The van der Waals surface area contributed by atoms with Crippen LogP contribution in [0.5, 0.6) is 0 Å². The molecule has 4 rings (SSSR count). The summed E-state index contributed by atoms with van der Waals surface area (Å²) in [5.41, 5.74) is 4.69. The Morgan fingerprint density at radius 3 is 2.88 bits per heavy atom. The van der Waals surface area contributed by atoms with Crippen LogP contribution in [0.3, 0.4) is 0 Å². The molecule has 5 nitrogen and oxygen atoms in total. The summed E-state index contributed by atoms with van der Waals surface area (Å²) in [7, 11) is 0. The van der Waals surface area contributed by atoms with Crippen molar-refractivity contribution < 1.29 is 4.79 Å². The van der Waals surface area contributed by atoms with Crippen molar-refractivity contribution in [3.63, 3.8) is 0 Å². The van der Waals surface area contributed by atoms with Crippen molar-refractivity contribution in [3.05, 3.63) is 65.1 Å². The lowest BCUT2D eigenvalue weighted by Crippen LogP contribution is -2.26. The topological polar surface area (TPSA) is 59.3 Å². The van der Waals surface area contributed by atoms with Gasteiger partial charge in [0.05, 0.1) is 12.2 Å². The molecule has 128 valence electrons. The number of hydrogen-bond acceptors (Lipinski definition) is 3. The molecule has 1 aliphatic rings. The lowest BCUT2D eigenvalue weighted by Gasteiger charge is -2.21. The molecular weight excluding hydrogens is 312 g/mol. The molecule has 2 unspecified atom stereocenters. The highest BCUT2D eigenvalue weighted by molar-refractivity contribution is 5.99. The summed E-state index contributed by atoms with van der Waals surface area (Å²) < 4.78 is 1.85. The number of fused-ring (bicyclic) bond motifs is 3. The molecule has 0 bridgehead atoms. The van der Waals surface area contributed by atoms with Crippen LogP contribution in [0.15, 0.2) is 42.7 Å². The van der Waals surface area contributed by atoms with Gasteiger partial charge in [-0.05, 0) is 43.2 Å². The average molecular weight is 334 g/mol. The second-order valence-corrected chi connectivity index (χ2v) is 6.98. The predicted molar refractivity (Wildman–Crippen MR) is 96.5 cm³/mol. The van der Waals surface area contributed by atoms with Crippen LogP contribution in [0.25, 0.3) is 5.65 Å². The molecule has 1 aliphatic carbocycles. The van der Waals surface area contributed by atoms with Gasteiger partial charge in [0.1, 0.15) is 5.56 Å². The van der Waals surface area contributed by atoms with Crippen LogP contribution in [0, 0.1) is 5.92 Å². The maximum Gasteiger partial charge on any atom is 0.257 e. The van der Waals surface area contributed by atoms with Gasteiger partial charge in [0.25, 0.3) is 5.91 Å². The molecule has 5 heteroatoms. The summed E-state index contributed by atoms with van der Waals surface area (Å²) >= 11 is 0. The van der Waals surface area contributed by atoms with Gasteiger partial charge in [-0.1, -0.05) is 37.3 Å². The van der Waals surface area contributed by atoms with E-state index < -0.39 is 0 Å². The highest BCUT2D eigenvalue weighted by Gasteiger charge is 2.22. The number of hydrogen-bond donors (Lipinski definition) is 1. The van der Waals surface area contributed by atoms with E-state index >= 15 is 0 Å². The van der Waals surface area contributed by atoms with E-state index in [0.717, 1.165) is 24.8 Å². The van der Waals surface area contributed by atoms with Crippen LogP contribution < -0.4 is 5.32 Å². The molecule has 0 spiro atoms. The number of aromatic nitrogens is 3. The van der Waals surface area contributed by atoms with Crippen LogP contribution >= 0.6 is 0 Å². The Labute approximate surface area is 147 Å². The van der Waals surface area contributed by atoms with E-state index in [0.29, 0.717) is 17.1 Å². The number of aryl methyl sites for hydroxylation is 1. The lowest BCUT2D eigenvalue weighted by molar-refractivity contribution is 0.0941. The third-order valence-corrected chi connectivity index (χ3v) is 5.05. The second-order valence-electron chi connectivity index (χ2n) is 6.98. The van der Waals surface area contributed by atoms with Gasteiger partial charge in [0, 0.05) is 11.9 Å². The molecule has 25 heavy (non-hydrogen) atoms. The Kier molecular flexibility index (Phi) is 3.99. The smallest absolute Gasteiger partial charge is 0.257 e. The molecule has 0 saturated heterocycles. The van der Waals surface area contributed by atoms with Crippen molar-refractivity contribution in [3.8, 4) is 0 Å². The van der Waals surface area contributed by atoms with Crippen molar-refractivity contribution in [2.75, 3.05) is 0 Å². The Morgan fingerprint density at radius 2 is 2.08 bits per heavy atom. The van der Waals surface area contributed by atoms with E-state index in [4.69, 9.17) is 0 Å². The van der Waals surface area contributed by atoms with E-state index in [-0.39, 0.29) is 11.9 Å². The number of amides is 1. The zero-order valence-electron chi connectivity index (χ0n) is 14.6. The zero-order valence-corrected chi connectivity index (χ0v) is 14.6. The Morgan fingerprint density at radius 1 is 1.28 bits per heavy atom. The molecule has 0 fully saturated rings. The maximum atomic E-state index is 12.7. The number of carbonyl (C=O) groups is 1. The van der Waals surface area contributed by atoms with E-state index in [1.54, 1.807) is 6.20 Å². The number of rotatable bonds is 3.